The van der Waals surface area contributed by atoms with Crippen molar-refractivity contribution in [3.05, 3.63) is 40.8 Å². The first-order chi connectivity index (χ1) is 12.7. The molecule has 0 amide bonds. The molecule has 4 N–H and O–H groups in total. The maximum atomic E-state index is 10.2. The normalized spacial score (nSPS) is 20.8. The first kappa shape index (κ1) is 15.7. The van der Waals surface area contributed by atoms with E-state index in [-0.39, 0.29) is 0 Å². The number of pyridine rings is 1. The zero-order valence-electron chi connectivity index (χ0n) is 15.2. The van der Waals surface area contributed by atoms with Crippen LogP contribution in [-0.2, 0) is 0 Å². The highest BCUT2D eigenvalue weighted by Gasteiger charge is 2.46. The Labute approximate surface area is 152 Å². The van der Waals surface area contributed by atoms with Crippen molar-refractivity contribution in [3.63, 3.8) is 0 Å². The third-order valence-electron chi connectivity index (χ3n) is 5.80. The molecule has 2 aliphatic carbocycles. The number of H-pyrrole nitrogens is 1. The number of rotatable bonds is 5. The Balaban J connectivity index is 1.72. The zero-order chi connectivity index (χ0) is 17.8. The fraction of sp³-hybridized carbons (Fsp3) is 0.381. The molecule has 0 aliphatic heterocycles. The van der Waals surface area contributed by atoms with Crippen molar-refractivity contribution in [2.45, 2.75) is 25.7 Å². The van der Waals surface area contributed by atoms with Gasteiger partial charge in [-0.2, -0.15) is 0 Å². The summed E-state index contributed by atoms with van der Waals surface area (Å²) in [4.78, 5) is 8.33. The maximum absolute atomic E-state index is 10.2. The summed E-state index contributed by atoms with van der Waals surface area (Å²) in [5.41, 5.74) is 6.01. The van der Waals surface area contributed by atoms with Crippen LogP contribution in [0.2, 0.25) is 0 Å². The first-order valence-corrected chi connectivity index (χ1v) is 9.42. The van der Waals surface area contributed by atoms with Crippen molar-refractivity contribution in [1.29, 1.82) is 0 Å². The van der Waals surface area contributed by atoms with Gasteiger partial charge in [0.15, 0.2) is 0 Å². The molecule has 0 saturated heterocycles. The lowest BCUT2D eigenvalue weighted by molar-refractivity contribution is 0.380. The van der Waals surface area contributed by atoms with E-state index in [0.717, 1.165) is 53.9 Å². The standard InChI is InChI=1S/C21H24N4O/c1-11-10-24-21(23-7-3-6-22-2)19-18-15(25-20(11)19)5-4-12-8-16(26)13-9-14(13)17(12)18/h4-5,8,10,13-14,22,25-26H,3,6-7,9H2,1-2H3,(H,23,24). The minimum Gasteiger partial charge on any atom is -0.512 e. The average molecular weight is 348 g/mol. The van der Waals surface area contributed by atoms with Gasteiger partial charge in [0, 0.05) is 29.6 Å². The fourth-order valence-corrected chi connectivity index (χ4v) is 4.39. The monoisotopic (exact) mass is 348 g/mol. The minimum absolute atomic E-state index is 0.308. The number of benzene rings is 1. The predicted octanol–water partition coefficient (Wildman–Crippen LogP) is 4.06. The molecule has 3 aromatic rings. The average Bonchev–Trinajstić information content (AvgIpc) is 3.35. The van der Waals surface area contributed by atoms with Crippen molar-refractivity contribution in [3.8, 4) is 0 Å². The van der Waals surface area contributed by atoms with Gasteiger partial charge in [0.1, 0.15) is 5.82 Å². The molecule has 1 saturated carbocycles. The fourth-order valence-electron chi connectivity index (χ4n) is 4.39. The van der Waals surface area contributed by atoms with E-state index in [9.17, 15) is 5.11 Å². The maximum Gasteiger partial charge on any atom is 0.136 e. The summed E-state index contributed by atoms with van der Waals surface area (Å²) < 4.78 is 0. The number of fused-ring (bicyclic) bond motifs is 7. The van der Waals surface area contributed by atoms with Crippen LogP contribution in [0.15, 0.2) is 24.1 Å². The van der Waals surface area contributed by atoms with Gasteiger partial charge in [0.05, 0.1) is 16.7 Å². The van der Waals surface area contributed by atoms with E-state index in [0.29, 0.717) is 17.6 Å². The van der Waals surface area contributed by atoms with E-state index in [2.05, 4.69) is 34.7 Å². The lowest BCUT2D eigenvalue weighted by Gasteiger charge is -2.15. The molecule has 1 aromatic carbocycles. The zero-order valence-corrected chi connectivity index (χ0v) is 15.2. The Kier molecular flexibility index (Phi) is 3.47. The van der Waals surface area contributed by atoms with Crippen molar-refractivity contribution < 1.29 is 5.11 Å². The Morgan fingerprint density at radius 3 is 2.96 bits per heavy atom. The van der Waals surface area contributed by atoms with Gasteiger partial charge in [0.25, 0.3) is 0 Å². The number of aryl methyl sites for hydroxylation is 1. The van der Waals surface area contributed by atoms with Crippen LogP contribution >= 0.6 is 0 Å². The molecule has 2 aromatic heterocycles. The molecule has 0 radical (unpaired) electrons. The number of hydrogen-bond acceptors (Lipinski definition) is 4. The molecule has 0 spiro atoms. The van der Waals surface area contributed by atoms with Crippen LogP contribution in [-0.4, -0.2) is 35.2 Å². The van der Waals surface area contributed by atoms with E-state index >= 15 is 0 Å². The molecule has 0 bridgehead atoms. The summed E-state index contributed by atoms with van der Waals surface area (Å²) >= 11 is 0. The van der Waals surface area contributed by atoms with Crippen molar-refractivity contribution in [1.82, 2.24) is 15.3 Å². The number of anilines is 1. The molecule has 5 rings (SSSR count). The Hall–Kier alpha value is -2.53. The number of hydrogen-bond donors (Lipinski definition) is 4. The van der Waals surface area contributed by atoms with E-state index in [4.69, 9.17) is 4.98 Å². The summed E-state index contributed by atoms with van der Waals surface area (Å²) in [7, 11) is 1.98. The highest BCUT2D eigenvalue weighted by Crippen LogP contribution is 2.58. The van der Waals surface area contributed by atoms with Crippen LogP contribution in [0, 0.1) is 12.8 Å². The molecule has 5 nitrogen and oxygen atoms in total. The van der Waals surface area contributed by atoms with Crippen LogP contribution in [0.3, 0.4) is 0 Å². The quantitative estimate of drug-likeness (QED) is 0.525. The smallest absolute Gasteiger partial charge is 0.136 e. The summed E-state index contributed by atoms with van der Waals surface area (Å²) in [5, 5.41) is 19.4. The predicted molar refractivity (Wildman–Crippen MR) is 107 cm³/mol. The van der Waals surface area contributed by atoms with E-state index in [1.54, 1.807) is 0 Å². The summed E-state index contributed by atoms with van der Waals surface area (Å²) in [6.45, 7) is 3.98. The summed E-state index contributed by atoms with van der Waals surface area (Å²) in [6, 6.07) is 4.26. The number of nitrogens with one attached hydrogen (secondary N) is 3. The second kappa shape index (κ2) is 5.74. The van der Waals surface area contributed by atoms with Crippen molar-refractivity contribution in [2.75, 3.05) is 25.5 Å². The third kappa shape index (κ3) is 2.23. The van der Waals surface area contributed by atoms with E-state index < -0.39 is 0 Å². The number of nitrogens with zero attached hydrogens (tertiary/aromatic N) is 1. The second-order valence-electron chi connectivity index (χ2n) is 7.56. The molecule has 2 unspecified atom stereocenters. The SMILES string of the molecule is CNCCCNc1ncc(C)c2[nH]c3ccc4c(c3c12)C1CC1C(O)=C4. The van der Waals surface area contributed by atoms with Gasteiger partial charge >= 0.3 is 0 Å². The van der Waals surface area contributed by atoms with Crippen LogP contribution in [0.1, 0.15) is 35.4 Å². The van der Waals surface area contributed by atoms with Crippen molar-refractivity contribution in [2.24, 2.45) is 5.92 Å². The van der Waals surface area contributed by atoms with E-state index in [1.807, 2.05) is 19.3 Å². The second-order valence-corrected chi connectivity index (χ2v) is 7.56. The van der Waals surface area contributed by atoms with Gasteiger partial charge in [-0.1, -0.05) is 6.07 Å². The number of allylic oxidation sites excluding steroid dienone is 1. The Morgan fingerprint density at radius 2 is 2.12 bits per heavy atom. The van der Waals surface area contributed by atoms with Crippen LogP contribution in [0.5, 0.6) is 0 Å². The van der Waals surface area contributed by atoms with Crippen molar-refractivity contribution >= 4 is 33.7 Å². The molecule has 2 heterocycles. The van der Waals surface area contributed by atoms with Gasteiger partial charge in [-0.15, -0.1) is 0 Å². The number of aliphatic hydroxyl groups is 1. The topological polar surface area (TPSA) is 73.0 Å². The lowest BCUT2D eigenvalue weighted by Crippen LogP contribution is -2.13. The number of aliphatic hydroxyl groups excluding tert-OH is 1. The minimum atomic E-state index is 0.308. The lowest BCUT2D eigenvalue weighted by atomic mass is 9.91. The molecule has 26 heavy (non-hydrogen) atoms. The molecule has 2 aliphatic rings. The Morgan fingerprint density at radius 1 is 1.23 bits per heavy atom. The highest BCUT2D eigenvalue weighted by molar-refractivity contribution is 6.15. The molecule has 134 valence electrons. The largest absolute Gasteiger partial charge is 0.512 e. The van der Waals surface area contributed by atoms with E-state index in [1.165, 1.54) is 16.3 Å². The molecule has 1 fully saturated rings. The number of aromatic nitrogens is 2. The molecule has 5 heteroatoms. The summed E-state index contributed by atoms with van der Waals surface area (Å²) in [5.74, 6) is 2.25. The van der Waals surface area contributed by atoms with Crippen LogP contribution < -0.4 is 10.6 Å². The Bertz CT molecular complexity index is 1050. The van der Waals surface area contributed by atoms with Gasteiger partial charge in [-0.3, -0.25) is 0 Å². The number of aromatic amines is 1. The highest BCUT2D eigenvalue weighted by atomic mass is 16.3. The first-order valence-electron chi connectivity index (χ1n) is 9.42. The third-order valence-corrected chi connectivity index (χ3v) is 5.80. The van der Waals surface area contributed by atoms with Gasteiger partial charge in [0.2, 0.25) is 0 Å². The van der Waals surface area contributed by atoms with Gasteiger partial charge in [-0.25, -0.2) is 4.98 Å². The summed E-state index contributed by atoms with van der Waals surface area (Å²) in [6.07, 6.45) is 5.99. The van der Waals surface area contributed by atoms with Gasteiger partial charge in [-0.05, 0) is 68.1 Å². The van der Waals surface area contributed by atoms with Crippen LogP contribution in [0.25, 0.3) is 27.9 Å². The van der Waals surface area contributed by atoms with Crippen LogP contribution in [0.4, 0.5) is 5.82 Å². The molecule has 2 atom stereocenters. The van der Waals surface area contributed by atoms with Gasteiger partial charge < -0.3 is 20.7 Å². The molecular formula is C21H24N4O. The molecular weight excluding hydrogens is 324 g/mol.